The van der Waals surface area contributed by atoms with Gasteiger partial charge < -0.3 is 14.2 Å². The zero-order valence-electron chi connectivity index (χ0n) is 20.2. The first-order chi connectivity index (χ1) is 17.7. The summed E-state index contributed by atoms with van der Waals surface area (Å²) in [5.41, 5.74) is 4.84. The van der Waals surface area contributed by atoms with E-state index in [1.54, 1.807) is 7.11 Å². The van der Waals surface area contributed by atoms with E-state index in [-0.39, 0.29) is 12.6 Å². The zero-order valence-corrected chi connectivity index (χ0v) is 20.2. The molecule has 6 heteroatoms. The summed E-state index contributed by atoms with van der Waals surface area (Å²) in [6.07, 6.45) is 3.72. The van der Waals surface area contributed by atoms with Gasteiger partial charge in [-0.3, -0.25) is 0 Å². The largest absolute Gasteiger partial charge is 0.497 e. The highest BCUT2D eigenvalue weighted by Crippen LogP contribution is 2.33. The van der Waals surface area contributed by atoms with E-state index < -0.39 is 18.0 Å². The summed E-state index contributed by atoms with van der Waals surface area (Å²) in [7, 11) is 1.63. The number of rotatable bonds is 9. The van der Waals surface area contributed by atoms with E-state index in [1.807, 2.05) is 91.1 Å². The third kappa shape index (κ3) is 5.38. The maximum absolute atomic E-state index is 13.6. The Balaban J connectivity index is 1.51. The van der Waals surface area contributed by atoms with Crippen molar-refractivity contribution in [1.82, 2.24) is 9.97 Å². The molecule has 1 heterocycles. The van der Waals surface area contributed by atoms with E-state index in [0.29, 0.717) is 0 Å². The fourth-order valence-corrected chi connectivity index (χ4v) is 4.54. The average molecular weight is 481 g/mol. The van der Waals surface area contributed by atoms with Gasteiger partial charge in [0.15, 0.2) is 0 Å². The molecule has 2 unspecified atom stereocenters. The van der Waals surface area contributed by atoms with Crippen molar-refractivity contribution in [3.63, 3.8) is 0 Å². The summed E-state index contributed by atoms with van der Waals surface area (Å²) in [5, 5.41) is 0. The van der Waals surface area contributed by atoms with Crippen LogP contribution in [-0.4, -0.2) is 29.2 Å². The minimum absolute atomic E-state index is 0.148. The summed E-state index contributed by atoms with van der Waals surface area (Å²) in [6.45, 7) is 0.148. The molecule has 182 valence electrons. The van der Waals surface area contributed by atoms with Gasteiger partial charge in [0.2, 0.25) is 6.10 Å². The molecule has 0 bridgehead atoms. The normalized spacial score (nSPS) is 13.9. The summed E-state index contributed by atoms with van der Waals surface area (Å²) in [4.78, 5) is 22.7. The molecule has 5 rings (SSSR count). The lowest BCUT2D eigenvalue weighted by molar-refractivity contribution is -0.154. The molecule has 0 N–H and O–H groups in total. The Morgan fingerprint density at radius 3 is 2.31 bits per heavy atom. The Hall–Kier alpha value is -4.19. The topological polar surface area (TPSA) is 70.5 Å². The number of benzene rings is 3. The van der Waals surface area contributed by atoms with Crippen LogP contribution >= 0.6 is 0 Å². The van der Waals surface area contributed by atoms with Gasteiger partial charge >= 0.3 is 12.0 Å². The number of hydrogen-bond donors (Lipinski definition) is 0. The Kier molecular flexibility index (Phi) is 7.22. The highest BCUT2D eigenvalue weighted by molar-refractivity contribution is 5.77. The number of fused-ring (bicyclic) bond motifs is 1. The molecule has 2 atom stereocenters. The standard InChI is InChI=1S/C30H28N2O4/c1-34-25-17-15-23(16-18-25)27(22-11-6-3-7-12-22)28(29(33)35-20-21-9-4-2-5-10-21)36-30-31-19-24-13-8-14-26(24)32-30/h2-7,9-12,15-19,27-28H,8,13-14,20H2,1H3. The number of aromatic nitrogens is 2. The number of esters is 1. The van der Waals surface area contributed by atoms with E-state index in [1.165, 1.54) is 0 Å². The molecule has 6 nitrogen and oxygen atoms in total. The Morgan fingerprint density at radius 1 is 0.889 bits per heavy atom. The molecule has 0 saturated heterocycles. The van der Waals surface area contributed by atoms with Gasteiger partial charge in [-0.2, -0.15) is 4.98 Å². The quantitative estimate of drug-likeness (QED) is 0.303. The molecule has 36 heavy (non-hydrogen) atoms. The first-order valence-corrected chi connectivity index (χ1v) is 12.1. The number of aryl methyl sites for hydroxylation is 2. The second-order valence-corrected chi connectivity index (χ2v) is 8.77. The monoisotopic (exact) mass is 480 g/mol. The molecule has 0 spiro atoms. The number of carbonyl (C=O) groups is 1. The highest BCUT2D eigenvalue weighted by atomic mass is 16.6. The first-order valence-electron chi connectivity index (χ1n) is 12.1. The van der Waals surface area contributed by atoms with Gasteiger partial charge in [0.05, 0.1) is 18.7 Å². The van der Waals surface area contributed by atoms with Crippen molar-refractivity contribution in [3.8, 4) is 11.8 Å². The van der Waals surface area contributed by atoms with E-state index >= 15 is 0 Å². The fraction of sp³-hybridized carbons (Fsp3) is 0.233. The summed E-state index contributed by atoms with van der Waals surface area (Å²) in [5.74, 6) is -0.193. The van der Waals surface area contributed by atoms with Crippen LogP contribution in [-0.2, 0) is 29.0 Å². The van der Waals surface area contributed by atoms with Crippen LogP contribution in [0.25, 0.3) is 0 Å². The van der Waals surface area contributed by atoms with E-state index in [0.717, 1.165) is 53.0 Å². The van der Waals surface area contributed by atoms with Gasteiger partial charge in [0, 0.05) is 6.20 Å². The lowest BCUT2D eigenvalue weighted by Crippen LogP contribution is -2.36. The molecule has 1 aliphatic carbocycles. The maximum Gasteiger partial charge on any atom is 0.348 e. The minimum atomic E-state index is -0.996. The number of carbonyl (C=O) groups excluding carboxylic acids is 1. The van der Waals surface area contributed by atoms with Gasteiger partial charge in [0.1, 0.15) is 12.4 Å². The molecular weight excluding hydrogens is 452 g/mol. The number of hydrogen-bond acceptors (Lipinski definition) is 6. The molecular formula is C30H28N2O4. The van der Waals surface area contributed by atoms with E-state index in [9.17, 15) is 4.79 Å². The molecule has 1 aromatic heterocycles. The molecule has 0 fully saturated rings. The molecule has 4 aromatic rings. The van der Waals surface area contributed by atoms with Crippen LogP contribution in [0.5, 0.6) is 11.8 Å². The highest BCUT2D eigenvalue weighted by Gasteiger charge is 2.35. The third-order valence-corrected chi connectivity index (χ3v) is 6.42. The van der Waals surface area contributed by atoms with Crippen LogP contribution in [0.15, 0.2) is 91.1 Å². The Bertz CT molecular complexity index is 1290. The van der Waals surface area contributed by atoms with Crippen LogP contribution in [0.4, 0.5) is 0 Å². The predicted octanol–water partition coefficient (Wildman–Crippen LogP) is 5.30. The predicted molar refractivity (Wildman–Crippen MR) is 136 cm³/mol. The zero-order chi connectivity index (χ0) is 24.7. The van der Waals surface area contributed by atoms with E-state index in [4.69, 9.17) is 14.2 Å². The molecule has 0 amide bonds. The lowest BCUT2D eigenvalue weighted by atomic mass is 9.86. The summed E-state index contributed by atoms with van der Waals surface area (Å²) in [6, 6.07) is 27.3. The smallest absolute Gasteiger partial charge is 0.348 e. The molecule has 0 radical (unpaired) electrons. The van der Waals surface area contributed by atoms with Crippen molar-refractivity contribution in [3.05, 3.63) is 119 Å². The second-order valence-electron chi connectivity index (χ2n) is 8.77. The fourth-order valence-electron chi connectivity index (χ4n) is 4.54. The molecule has 0 saturated carbocycles. The molecule has 3 aromatic carbocycles. The summed E-state index contributed by atoms with van der Waals surface area (Å²) >= 11 is 0. The summed E-state index contributed by atoms with van der Waals surface area (Å²) < 4.78 is 17.4. The second kappa shape index (κ2) is 11.0. The Morgan fingerprint density at radius 2 is 1.58 bits per heavy atom. The van der Waals surface area contributed by atoms with Crippen molar-refractivity contribution in [1.29, 1.82) is 0 Å². The SMILES string of the molecule is COc1ccc(C(c2ccccc2)C(Oc2ncc3c(n2)CCC3)C(=O)OCc2ccccc2)cc1. The first kappa shape index (κ1) is 23.5. The lowest BCUT2D eigenvalue weighted by Gasteiger charge is -2.27. The van der Waals surface area contributed by atoms with Crippen molar-refractivity contribution in [2.45, 2.75) is 37.9 Å². The van der Waals surface area contributed by atoms with Gasteiger partial charge in [-0.15, -0.1) is 0 Å². The van der Waals surface area contributed by atoms with E-state index in [2.05, 4.69) is 9.97 Å². The average Bonchev–Trinajstić information content (AvgIpc) is 3.41. The number of ether oxygens (including phenoxy) is 3. The van der Waals surface area contributed by atoms with Crippen LogP contribution < -0.4 is 9.47 Å². The van der Waals surface area contributed by atoms with Crippen LogP contribution in [0, 0.1) is 0 Å². The maximum atomic E-state index is 13.6. The van der Waals surface area contributed by atoms with Crippen molar-refractivity contribution < 1.29 is 19.0 Å². The Labute approximate surface area is 210 Å². The van der Waals surface area contributed by atoms with Gasteiger partial charge in [-0.05, 0) is 53.6 Å². The number of nitrogens with zero attached hydrogens (tertiary/aromatic N) is 2. The van der Waals surface area contributed by atoms with Crippen LogP contribution in [0.3, 0.4) is 0 Å². The van der Waals surface area contributed by atoms with Crippen molar-refractivity contribution in [2.75, 3.05) is 7.11 Å². The number of methoxy groups -OCH3 is 1. The van der Waals surface area contributed by atoms with Crippen LogP contribution in [0.1, 0.15) is 40.3 Å². The van der Waals surface area contributed by atoms with Gasteiger partial charge in [-0.25, -0.2) is 9.78 Å². The molecule has 0 aliphatic heterocycles. The van der Waals surface area contributed by atoms with Crippen molar-refractivity contribution in [2.24, 2.45) is 0 Å². The van der Waals surface area contributed by atoms with Crippen LogP contribution in [0.2, 0.25) is 0 Å². The van der Waals surface area contributed by atoms with Gasteiger partial charge in [0.25, 0.3) is 0 Å². The van der Waals surface area contributed by atoms with Crippen molar-refractivity contribution >= 4 is 5.97 Å². The minimum Gasteiger partial charge on any atom is -0.497 e. The molecule has 1 aliphatic rings. The van der Waals surface area contributed by atoms with Gasteiger partial charge in [-0.1, -0.05) is 72.8 Å². The third-order valence-electron chi connectivity index (χ3n) is 6.42.